The third-order valence-electron chi connectivity index (χ3n) is 3.92. The van der Waals surface area contributed by atoms with Crippen molar-refractivity contribution >= 4 is 17.9 Å². The van der Waals surface area contributed by atoms with E-state index in [1.54, 1.807) is 6.08 Å². The second kappa shape index (κ2) is 10.8. The van der Waals surface area contributed by atoms with Crippen molar-refractivity contribution in [2.24, 2.45) is 0 Å². The summed E-state index contributed by atoms with van der Waals surface area (Å²) in [6, 6.07) is 11.6. The van der Waals surface area contributed by atoms with E-state index >= 15 is 0 Å². The first-order valence-corrected chi connectivity index (χ1v) is 8.85. The smallest absolute Gasteiger partial charge is 0.244 e. The standard InChI is InChI=1S/C22H22F2N2O2/c1-2-12-25-22(28)20(10-8-17-13-18(23)15-19(24)14-17)26-21(27)11-9-16-6-4-3-5-7-16/h2-7,9,11,13-15,20H,1,8,10,12H2,(H,25,28)(H,26,27)/b11-9+. The van der Waals surface area contributed by atoms with Crippen LogP contribution in [-0.4, -0.2) is 24.4 Å². The van der Waals surface area contributed by atoms with Gasteiger partial charge in [-0.3, -0.25) is 9.59 Å². The monoisotopic (exact) mass is 384 g/mol. The maximum Gasteiger partial charge on any atom is 0.244 e. The van der Waals surface area contributed by atoms with Gasteiger partial charge >= 0.3 is 0 Å². The van der Waals surface area contributed by atoms with Gasteiger partial charge in [0.15, 0.2) is 0 Å². The van der Waals surface area contributed by atoms with Gasteiger partial charge < -0.3 is 10.6 Å². The molecular weight excluding hydrogens is 362 g/mol. The molecule has 2 N–H and O–H groups in total. The summed E-state index contributed by atoms with van der Waals surface area (Å²) in [4.78, 5) is 24.5. The van der Waals surface area contributed by atoms with Crippen LogP contribution in [0.1, 0.15) is 17.5 Å². The zero-order valence-corrected chi connectivity index (χ0v) is 15.3. The van der Waals surface area contributed by atoms with E-state index in [0.717, 1.165) is 11.6 Å². The molecule has 0 aliphatic rings. The van der Waals surface area contributed by atoms with E-state index in [1.165, 1.54) is 24.3 Å². The Morgan fingerprint density at radius 2 is 1.75 bits per heavy atom. The number of hydrogen-bond donors (Lipinski definition) is 2. The molecule has 0 saturated heterocycles. The molecule has 0 heterocycles. The van der Waals surface area contributed by atoms with Crippen LogP contribution in [0.5, 0.6) is 0 Å². The van der Waals surface area contributed by atoms with Gasteiger partial charge in [0.25, 0.3) is 0 Å². The van der Waals surface area contributed by atoms with E-state index < -0.39 is 29.5 Å². The minimum Gasteiger partial charge on any atom is -0.351 e. The molecule has 2 rings (SSSR count). The summed E-state index contributed by atoms with van der Waals surface area (Å²) < 4.78 is 26.7. The molecule has 1 unspecified atom stereocenters. The highest BCUT2D eigenvalue weighted by atomic mass is 19.1. The summed E-state index contributed by atoms with van der Waals surface area (Å²) in [5.74, 6) is -2.19. The number of carbonyl (C=O) groups is 2. The molecule has 2 aromatic rings. The molecule has 0 fully saturated rings. The molecule has 28 heavy (non-hydrogen) atoms. The molecule has 0 aliphatic carbocycles. The topological polar surface area (TPSA) is 58.2 Å². The van der Waals surface area contributed by atoms with E-state index in [0.29, 0.717) is 5.56 Å². The minimum atomic E-state index is -0.848. The number of hydrogen-bond acceptors (Lipinski definition) is 2. The van der Waals surface area contributed by atoms with Crippen LogP contribution in [0.4, 0.5) is 8.78 Å². The van der Waals surface area contributed by atoms with Crippen molar-refractivity contribution in [2.45, 2.75) is 18.9 Å². The Hall–Kier alpha value is -3.28. The lowest BCUT2D eigenvalue weighted by Crippen LogP contribution is -2.46. The van der Waals surface area contributed by atoms with Crippen LogP contribution in [0.25, 0.3) is 6.08 Å². The molecule has 0 aliphatic heterocycles. The molecule has 0 radical (unpaired) electrons. The molecule has 0 aromatic heterocycles. The highest BCUT2D eigenvalue weighted by Gasteiger charge is 2.19. The fraction of sp³-hybridized carbons (Fsp3) is 0.182. The first kappa shape index (κ1) is 21.0. The Morgan fingerprint density at radius 3 is 2.39 bits per heavy atom. The number of nitrogens with one attached hydrogen (secondary N) is 2. The minimum absolute atomic E-state index is 0.191. The van der Waals surface area contributed by atoms with E-state index in [1.807, 2.05) is 30.3 Å². The summed E-state index contributed by atoms with van der Waals surface area (Å²) in [5.41, 5.74) is 1.26. The van der Waals surface area contributed by atoms with Crippen molar-refractivity contribution in [3.63, 3.8) is 0 Å². The predicted molar refractivity (Wildman–Crippen MR) is 105 cm³/mol. The highest BCUT2D eigenvalue weighted by Crippen LogP contribution is 2.11. The van der Waals surface area contributed by atoms with Crippen molar-refractivity contribution in [1.82, 2.24) is 10.6 Å². The van der Waals surface area contributed by atoms with Gasteiger partial charge in [-0.05, 0) is 42.2 Å². The Balaban J connectivity index is 2.03. The number of carbonyl (C=O) groups excluding carboxylic acids is 2. The maximum absolute atomic E-state index is 13.3. The van der Waals surface area contributed by atoms with Crippen LogP contribution in [0, 0.1) is 11.6 Å². The molecular formula is C22H22F2N2O2. The fourth-order valence-corrected chi connectivity index (χ4v) is 2.59. The van der Waals surface area contributed by atoms with Crippen LogP contribution in [-0.2, 0) is 16.0 Å². The van der Waals surface area contributed by atoms with Gasteiger partial charge in [-0.25, -0.2) is 8.78 Å². The van der Waals surface area contributed by atoms with Crippen molar-refractivity contribution in [2.75, 3.05) is 6.54 Å². The Bertz CT molecular complexity index is 831. The SMILES string of the molecule is C=CCNC(=O)C(CCc1cc(F)cc(F)c1)NC(=O)/C=C/c1ccccc1. The lowest BCUT2D eigenvalue weighted by molar-refractivity contribution is -0.127. The second-order valence-electron chi connectivity index (χ2n) is 6.16. The average Bonchev–Trinajstić information content (AvgIpc) is 2.67. The van der Waals surface area contributed by atoms with Crippen molar-refractivity contribution in [1.29, 1.82) is 0 Å². The van der Waals surface area contributed by atoms with Crippen LogP contribution in [0.2, 0.25) is 0 Å². The number of rotatable bonds is 9. The average molecular weight is 384 g/mol. The Labute approximate surface area is 163 Å². The molecule has 1 atom stereocenters. The fourth-order valence-electron chi connectivity index (χ4n) is 2.59. The van der Waals surface area contributed by atoms with Crippen LogP contribution in [0.3, 0.4) is 0 Å². The van der Waals surface area contributed by atoms with Crippen molar-refractivity contribution in [3.8, 4) is 0 Å². The van der Waals surface area contributed by atoms with Gasteiger partial charge in [0, 0.05) is 18.7 Å². The molecule has 2 amide bonds. The van der Waals surface area contributed by atoms with Crippen LogP contribution in [0.15, 0.2) is 67.3 Å². The molecule has 6 heteroatoms. The van der Waals surface area contributed by atoms with Crippen LogP contribution >= 0.6 is 0 Å². The molecule has 0 spiro atoms. The number of benzene rings is 2. The van der Waals surface area contributed by atoms with E-state index in [9.17, 15) is 18.4 Å². The quantitative estimate of drug-likeness (QED) is 0.514. The second-order valence-corrected chi connectivity index (χ2v) is 6.16. The highest BCUT2D eigenvalue weighted by molar-refractivity contribution is 5.95. The lowest BCUT2D eigenvalue weighted by Gasteiger charge is -2.17. The number of aryl methyl sites for hydroxylation is 1. The first-order chi connectivity index (χ1) is 13.5. The summed E-state index contributed by atoms with van der Waals surface area (Å²) in [5, 5.41) is 5.26. The molecule has 2 aromatic carbocycles. The zero-order chi connectivity index (χ0) is 20.4. The van der Waals surface area contributed by atoms with Gasteiger partial charge in [0.05, 0.1) is 0 Å². The largest absolute Gasteiger partial charge is 0.351 e. The summed E-state index contributed by atoms with van der Waals surface area (Å²) >= 11 is 0. The van der Waals surface area contributed by atoms with Gasteiger partial charge in [-0.2, -0.15) is 0 Å². The van der Waals surface area contributed by atoms with Crippen molar-refractivity contribution in [3.05, 3.63) is 90.0 Å². The first-order valence-electron chi connectivity index (χ1n) is 8.85. The molecule has 0 bridgehead atoms. The van der Waals surface area contributed by atoms with Crippen molar-refractivity contribution < 1.29 is 18.4 Å². The van der Waals surface area contributed by atoms with Gasteiger partial charge in [-0.15, -0.1) is 6.58 Å². The third-order valence-corrected chi connectivity index (χ3v) is 3.92. The Kier molecular flexibility index (Phi) is 8.09. The van der Waals surface area contributed by atoms with E-state index in [2.05, 4.69) is 17.2 Å². The van der Waals surface area contributed by atoms with E-state index in [-0.39, 0.29) is 19.4 Å². The summed E-state index contributed by atoms with van der Waals surface area (Å²) in [6.45, 7) is 3.78. The third kappa shape index (κ3) is 7.15. The van der Waals surface area contributed by atoms with Gasteiger partial charge in [0.1, 0.15) is 17.7 Å². The van der Waals surface area contributed by atoms with Gasteiger partial charge in [0.2, 0.25) is 11.8 Å². The van der Waals surface area contributed by atoms with Crippen LogP contribution < -0.4 is 10.6 Å². The molecule has 0 saturated carbocycles. The predicted octanol–water partition coefficient (Wildman–Crippen LogP) is 3.40. The zero-order valence-electron chi connectivity index (χ0n) is 15.3. The maximum atomic E-state index is 13.3. The summed E-state index contributed by atoms with van der Waals surface area (Å²) in [6.07, 6.45) is 4.91. The van der Waals surface area contributed by atoms with Gasteiger partial charge in [-0.1, -0.05) is 36.4 Å². The van der Waals surface area contributed by atoms with E-state index in [4.69, 9.17) is 0 Å². The number of halogens is 2. The normalized spacial score (nSPS) is 11.8. The molecule has 4 nitrogen and oxygen atoms in total. The molecule has 146 valence electrons. The lowest BCUT2D eigenvalue weighted by atomic mass is 10.0. The Morgan fingerprint density at radius 1 is 1.07 bits per heavy atom. The summed E-state index contributed by atoms with van der Waals surface area (Å²) in [7, 11) is 0. The number of amides is 2.